The number of carbonyl (C=O) groups is 1. The van der Waals surface area contributed by atoms with Gasteiger partial charge in [-0.15, -0.1) is 24.8 Å². The number of amides is 1. The molecule has 7 heteroatoms. The SMILES string of the molecule is CC(C)(N)CNC(=O)C1CCCN(Cc2cccc(F)c2)C1.Cl.Cl. The zero-order valence-corrected chi connectivity index (χ0v) is 15.9. The Balaban J connectivity index is 0.00000264. The minimum Gasteiger partial charge on any atom is -0.354 e. The molecule has 1 aliphatic heterocycles. The largest absolute Gasteiger partial charge is 0.354 e. The van der Waals surface area contributed by atoms with Crippen molar-refractivity contribution in [3.05, 3.63) is 35.6 Å². The van der Waals surface area contributed by atoms with Crippen molar-refractivity contribution < 1.29 is 9.18 Å². The zero-order chi connectivity index (χ0) is 16.2. The first-order valence-corrected chi connectivity index (χ1v) is 7.87. The van der Waals surface area contributed by atoms with Crippen molar-refractivity contribution >= 4 is 30.7 Å². The summed E-state index contributed by atoms with van der Waals surface area (Å²) in [5, 5.41) is 2.94. The molecule has 0 aliphatic carbocycles. The van der Waals surface area contributed by atoms with Crippen LogP contribution in [-0.4, -0.2) is 36.0 Å². The second-order valence-corrected chi connectivity index (χ2v) is 6.91. The van der Waals surface area contributed by atoms with Crippen molar-refractivity contribution in [2.24, 2.45) is 11.7 Å². The molecule has 3 N–H and O–H groups in total. The van der Waals surface area contributed by atoms with Gasteiger partial charge in [0.1, 0.15) is 5.82 Å². The number of hydrogen-bond acceptors (Lipinski definition) is 3. The molecule has 1 aromatic carbocycles. The quantitative estimate of drug-likeness (QED) is 0.826. The molecule has 0 bridgehead atoms. The van der Waals surface area contributed by atoms with Crippen LogP contribution in [0.5, 0.6) is 0 Å². The molecule has 1 heterocycles. The first-order chi connectivity index (χ1) is 10.3. The third kappa shape index (κ3) is 7.79. The predicted octanol–water partition coefficient (Wildman–Crippen LogP) is 2.73. The number of nitrogens with zero attached hydrogens (tertiary/aromatic N) is 1. The molecule has 0 saturated carbocycles. The second-order valence-electron chi connectivity index (χ2n) is 6.91. The summed E-state index contributed by atoms with van der Waals surface area (Å²) in [5.41, 5.74) is 6.45. The number of rotatable bonds is 5. The monoisotopic (exact) mass is 379 g/mol. The molecule has 1 amide bonds. The maximum atomic E-state index is 13.2. The van der Waals surface area contributed by atoms with Crippen molar-refractivity contribution in [1.82, 2.24) is 10.2 Å². The van der Waals surface area contributed by atoms with Crippen LogP contribution in [0, 0.1) is 11.7 Å². The number of likely N-dealkylation sites (tertiary alicyclic amines) is 1. The van der Waals surface area contributed by atoms with Gasteiger partial charge in [0.15, 0.2) is 0 Å². The molecular weight excluding hydrogens is 352 g/mol. The molecule has 4 nitrogen and oxygen atoms in total. The summed E-state index contributed by atoms with van der Waals surface area (Å²) in [7, 11) is 0. The van der Waals surface area contributed by atoms with Gasteiger partial charge in [-0.25, -0.2) is 4.39 Å². The van der Waals surface area contributed by atoms with Crippen molar-refractivity contribution in [1.29, 1.82) is 0 Å². The van der Waals surface area contributed by atoms with Crippen LogP contribution in [0.4, 0.5) is 4.39 Å². The van der Waals surface area contributed by atoms with Crippen LogP contribution >= 0.6 is 24.8 Å². The molecule has 1 aliphatic rings. The van der Waals surface area contributed by atoms with Gasteiger partial charge in [-0.1, -0.05) is 12.1 Å². The number of hydrogen-bond donors (Lipinski definition) is 2. The van der Waals surface area contributed by atoms with Crippen LogP contribution in [0.1, 0.15) is 32.3 Å². The summed E-state index contributed by atoms with van der Waals surface area (Å²) < 4.78 is 13.2. The summed E-state index contributed by atoms with van der Waals surface area (Å²) in [6, 6.07) is 6.65. The molecule has 138 valence electrons. The predicted molar refractivity (Wildman–Crippen MR) is 100 cm³/mol. The van der Waals surface area contributed by atoms with E-state index in [-0.39, 0.29) is 42.5 Å². The molecule has 1 fully saturated rings. The second kappa shape index (κ2) is 10.2. The van der Waals surface area contributed by atoms with Crippen LogP contribution in [0.2, 0.25) is 0 Å². The first kappa shape index (κ1) is 23.1. The van der Waals surface area contributed by atoms with Gasteiger partial charge in [0, 0.05) is 25.2 Å². The highest BCUT2D eigenvalue weighted by Gasteiger charge is 2.26. The fraction of sp³-hybridized carbons (Fsp3) is 0.588. The minimum atomic E-state index is -0.397. The summed E-state index contributed by atoms with van der Waals surface area (Å²) in [6.07, 6.45) is 1.88. The summed E-state index contributed by atoms with van der Waals surface area (Å²) in [4.78, 5) is 14.5. The molecule has 0 spiro atoms. The van der Waals surface area contributed by atoms with Crippen molar-refractivity contribution in [2.75, 3.05) is 19.6 Å². The third-order valence-corrected chi connectivity index (χ3v) is 3.89. The third-order valence-electron chi connectivity index (χ3n) is 3.89. The summed E-state index contributed by atoms with van der Waals surface area (Å²) in [5.74, 6) is -0.152. The molecule has 1 unspecified atom stereocenters. The number of nitrogens with two attached hydrogens (primary N) is 1. The maximum Gasteiger partial charge on any atom is 0.224 e. The number of carbonyl (C=O) groups excluding carboxylic acids is 1. The average Bonchev–Trinajstić information content (AvgIpc) is 2.44. The molecule has 1 aromatic rings. The van der Waals surface area contributed by atoms with E-state index in [9.17, 15) is 9.18 Å². The normalized spacial score (nSPS) is 18.2. The number of nitrogens with one attached hydrogen (secondary N) is 1. The molecule has 2 rings (SSSR count). The van der Waals surface area contributed by atoms with E-state index < -0.39 is 5.54 Å². The Morgan fingerprint density at radius 1 is 1.42 bits per heavy atom. The van der Waals surface area contributed by atoms with Gasteiger partial charge in [-0.3, -0.25) is 9.69 Å². The van der Waals surface area contributed by atoms with Crippen LogP contribution in [0.25, 0.3) is 0 Å². The van der Waals surface area contributed by atoms with Crippen molar-refractivity contribution in [3.8, 4) is 0 Å². The highest BCUT2D eigenvalue weighted by molar-refractivity contribution is 5.85. The first-order valence-electron chi connectivity index (χ1n) is 7.87. The van der Waals surface area contributed by atoms with E-state index in [1.807, 2.05) is 19.9 Å². The van der Waals surface area contributed by atoms with Gasteiger partial charge in [0.05, 0.1) is 5.92 Å². The van der Waals surface area contributed by atoms with E-state index in [4.69, 9.17) is 5.73 Å². The Bertz CT molecular complexity index is 523. The molecule has 0 radical (unpaired) electrons. The molecular formula is C17H28Cl2FN3O. The Morgan fingerprint density at radius 2 is 2.12 bits per heavy atom. The van der Waals surface area contributed by atoms with Crippen molar-refractivity contribution in [2.45, 2.75) is 38.8 Å². The minimum absolute atomic E-state index is 0. The van der Waals surface area contributed by atoms with E-state index in [1.54, 1.807) is 12.1 Å². The van der Waals surface area contributed by atoms with Gasteiger partial charge in [-0.05, 0) is 50.9 Å². The Hall–Kier alpha value is -0.880. The maximum absolute atomic E-state index is 13.2. The highest BCUT2D eigenvalue weighted by Crippen LogP contribution is 2.19. The molecule has 0 aromatic heterocycles. The zero-order valence-electron chi connectivity index (χ0n) is 14.3. The Labute approximate surface area is 156 Å². The Morgan fingerprint density at radius 3 is 2.75 bits per heavy atom. The van der Waals surface area contributed by atoms with Gasteiger partial charge in [0.2, 0.25) is 5.91 Å². The van der Waals surface area contributed by atoms with E-state index >= 15 is 0 Å². The lowest BCUT2D eigenvalue weighted by molar-refractivity contribution is -0.127. The fourth-order valence-corrected chi connectivity index (χ4v) is 2.77. The molecule has 1 saturated heterocycles. The van der Waals surface area contributed by atoms with Crippen LogP contribution in [0.15, 0.2) is 24.3 Å². The molecule has 24 heavy (non-hydrogen) atoms. The van der Waals surface area contributed by atoms with E-state index in [0.29, 0.717) is 19.6 Å². The smallest absolute Gasteiger partial charge is 0.224 e. The van der Waals surface area contributed by atoms with Crippen LogP contribution < -0.4 is 11.1 Å². The average molecular weight is 380 g/mol. The van der Waals surface area contributed by atoms with E-state index in [0.717, 1.165) is 24.9 Å². The van der Waals surface area contributed by atoms with E-state index in [2.05, 4.69) is 10.2 Å². The van der Waals surface area contributed by atoms with Gasteiger partial charge < -0.3 is 11.1 Å². The summed E-state index contributed by atoms with van der Waals surface area (Å²) >= 11 is 0. The number of piperidine rings is 1. The number of halogens is 3. The topological polar surface area (TPSA) is 58.4 Å². The number of benzene rings is 1. The Kier molecular flexibility index (Phi) is 9.81. The lowest BCUT2D eigenvalue weighted by atomic mass is 9.96. The van der Waals surface area contributed by atoms with Gasteiger partial charge in [-0.2, -0.15) is 0 Å². The van der Waals surface area contributed by atoms with Gasteiger partial charge in [0.25, 0.3) is 0 Å². The molecule has 1 atom stereocenters. The summed E-state index contributed by atoms with van der Waals surface area (Å²) in [6.45, 7) is 6.61. The van der Waals surface area contributed by atoms with Crippen LogP contribution in [-0.2, 0) is 11.3 Å². The van der Waals surface area contributed by atoms with Crippen molar-refractivity contribution in [3.63, 3.8) is 0 Å². The lowest BCUT2D eigenvalue weighted by Gasteiger charge is -2.32. The highest BCUT2D eigenvalue weighted by atomic mass is 35.5. The van der Waals surface area contributed by atoms with Crippen LogP contribution in [0.3, 0.4) is 0 Å². The van der Waals surface area contributed by atoms with E-state index in [1.165, 1.54) is 6.07 Å². The van der Waals surface area contributed by atoms with Gasteiger partial charge >= 0.3 is 0 Å². The lowest BCUT2D eigenvalue weighted by Crippen LogP contribution is -2.49. The fourth-order valence-electron chi connectivity index (χ4n) is 2.77. The standard InChI is InChI=1S/C17H26FN3O.2ClH/c1-17(2,19)12-20-16(22)14-6-4-8-21(11-14)10-13-5-3-7-15(18)9-13;;/h3,5,7,9,14H,4,6,8,10-12,19H2,1-2H3,(H,20,22);2*1H.